The Morgan fingerprint density at radius 3 is 2.50 bits per heavy atom. The predicted octanol–water partition coefficient (Wildman–Crippen LogP) is 2.18. The maximum atomic E-state index is 14.8. The number of nitrogens with two attached hydrogens (primary N) is 1. The fourth-order valence-corrected chi connectivity index (χ4v) is 3.41. The van der Waals surface area contributed by atoms with Crippen LogP contribution in [0.3, 0.4) is 0 Å². The first-order valence-corrected chi connectivity index (χ1v) is 8.47. The van der Waals surface area contributed by atoms with Crippen LogP contribution in [0.5, 0.6) is 0 Å². The molecule has 7 heteroatoms. The smallest absolute Gasteiger partial charge is 0.237 e. The average molecular weight is 357 g/mol. The molecule has 2 heterocycles. The number of hydrogen-bond donors (Lipinski definition) is 1. The van der Waals surface area contributed by atoms with E-state index in [2.05, 4.69) is 10.1 Å². The molecule has 26 heavy (non-hydrogen) atoms. The van der Waals surface area contributed by atoms with Crippen LogP contribution in [0.15, 0.2) is 35.5 Å². The van der Waals surface area contributed by atoms with Crippen molar-refractivity contribution in [1.29, 1.82) is 0 Å². The third-order valence-corrected chi connectivity index (χ3v) is 5.60. The number of benzene rings is 1. The molecule has 0 bridgehead atoms. The Kier molecular flexibility index (Phi) is 4.13. The lowest BCUT2D eigenvalue weighted by molar-refractivity contribution is -0.140. The molecule has 0 aliphatic carbocycles. The summed E-state index contributed by atoms with van der Waals surface area (Å²) < 4.78 is 16.6. The SMILES string of the molecule is CN1C(=O)C(C)(C)[C@@](C)(c2cc(Cc3ccnn3C)ccc2F)N=C1N. The van der Waals surface area contributed by atoms with E-state index in [0.29, 0.717) is 12.0 Å². The van der Waals surface area contributed by atoms with Crippen molar-refractivity contribution in [2.45, 2.75) is 32.7 Å². The van der Waals surface area contributed by atoms with Crippen molar-refractivity contribution in [1.82, 2.24) is 14.7 Å². The highest BCUT2D eigenvalue weighted by Gasteiger charge is 2.53. The van der Waals surface area contributed by atoms with Gasteiger partial charge in [0, 0.05) is 38.0 Å². The van der Waals surface area contributed by atoms with Gasteiger partial charge in [0.2, 0.25) is 5.91 Å². The van der Waals surface area contributed by atoms with Crippen LogP contribution in [0.2, 0.25) is 0 Å². The summed E-state index contributed by atoms with van der Waals surface area (Å²) in [5.74, 6) is -0.500. The third-order valence-electron chi connectivity index (χ3n) is 5.60. The molecule has 1 aliphatic rings. The van der Waals surface area contributed by atoms with Gasteiger partial charge < -0.3 is 5.73 Å². The number of aromatic nitrogens is 2. The molecule has 1 amide bonds. The second-order valence-corrected chi connectivity index (χ2v) is 7.47. The van der Waals surface area contributed by atoms with Crippen molar-refractivity contribution in [3.05, 3.63) is 53.1 Å². The fraction of sp³-hybridized carbons (Fsp3) is 0.421. The maximum absolute atomic E-state index is 14.8. The van der Waals surface area contributed by atoms with Gasteiger partial charge in [0.1, 0.15) is 11.4 Å². The van der Waals surface area contributed by atoms with Crippen molar-refractivity contribution in [3.63, 3.8) is 0 Å². The standard InChI is InChI=1S/C19H24FN5O/c1-18(2)16(26)24(4)17(21)23-19(18,3)14-11-12(6-7-15(14)20)10-13-8-9-22-25(13)5/h6-9,11H,10H2,1-5H3,(H2,21,23)/t19-/m1/s1. The number of amides is 1. The molecule has 1 aromatic carbocycles. The highest BCUT2D eigenvalue weighted by Crippen LogP contribution is 2.47. The minimum absolute atomic E-state index is 0.0910. The second kappa shape index (κ2) is 5.93. The number of halogens is 1. The number of nitrogens with zero attached hydrogens (tertiary/aromatic N) is 4. The molecule has 0 fully saturated rings. The number of guanidine groups is 1. The Balaban J connectivity index is 2.12. The van der Waals surface area contributed by atoms with Crippen LogP contribution in [-0.4, -0.2) is 33.6 Å². The minimum atomic E-state index is -1.10. The molecule has 0 spiro atoms. The first kappa shape index (κ1) is 18.1. The molecule has 0 radical (unpaired) electrons. The summed E-state index contributed by atoms with van der Waals surface area (Å²) in [6, 6.07) is 6.87. The maximum Gasteiger partial charge on any atom is 0.237 e. The van der Waals surface area contributed by atoms with E-state index in [9.17, 15) is 9.18 Å². The van der Waals surface area contributed by atoms with E-state index in [1.165, 1.54) is 11.0 Å². The first-order valence-electron chi connectivity index (χ1n) is 8.47. The lowest BCUT2D eigenvalue weighted by atomic mass is 9.67. The van der Waals surface area contributed by atoms with Crippen LogP contribution in [0.4, 0.5) is 4.39 Å². The zero-order chi connectivity index (χ0) is 19.3. The van der Waals surface area contributed by atoms with Crippen LogP contribution in [-0.2, 0) is 23.8 Å². The van der Waals surface area contributed by atoms with E-state index in [1.807, 2.05) is 13.1 Å². The summed E-state index contributed by atoms with van der Waals surface area (Å²) in [4.78, 5) is 18.6. The Bertz CT molecular complexity index is 901. The van der Waals surface area contributed by atoms with Gasteiger partial charge in [-0.05, 0) is 38.5 Å². The Morgan fingerprint density at radius 1 is 1.19 bits per heavy atom. The van der Waals surface area contributed by atoms with Gasteiger partial charge in [0.05, 0.1) is 5.41 Å². The molecular formula is C19H24FN5O. The van der Waals surface area contributed by atoms with Crippen LogP contribution in [0.1, 0.15) is 37.6 Å². The molecular weight excluding hydrogens is 333 g/mol. The summed E-state index contributed by atoms with van der Waals surface area (Å²) in [6.07, 6.45) is 2.33. The van der Waals surface area contributed by atoms with Gasteiger partial charge in [0.25, 0.3) is 0 Å². The Labute approximate surface area is 152 Å². The summed E-state index contributed by atoms with van der Waals surface area (Å²) >= 11 is 0. The zero-order valence-electron chi connectivity index (χ0n) is 15.7. The van der Waals surface area contributed by atoms with Gasteiger partial charge in [-0.25, -0.2) is 9.38 Å². The first-order chi connectivity index (χ1) is 12.1. The largest absolute Gasteiger partial charge is 0.369 e. The number of aliphatic imine (C=N–C) groups is 1. The number of hydrogen-bond acceptors (Lipinski definition) is 4. The lowest BCUT2D eigenvalue weighted by Crippen LogP contribution is -2.58. The van der Waals surface area contributed by atoms with Crippen molar-refractivity contribution in [3.8, 4) is 0 Å². The molecule has 0 saturated carbocycles. The molecule has 0 saturated heterocycles. The molecule has 1 aliphatic heterocycles. The lowest BCUT2D eigenvalue weighted by Gasteiger charge is -2.46. The fourth-order valence-electron chi connectivity index (χ4n) is 3.41. The number of carbonyl (C=O) groups excluding carboxylic acids is 1. The van der Waals surface area contributed by atoms with E-state index in [0.717, 1.165) is 11.3 Å². The third kappa shape index (κ3) is 2.58. The van der Waals surface area contributed by atoms with Gasteiger partial charge >= 0.3 is 0 Å². The topological polar surface area (TPSA) is 76.5 Å². The quantitative estimate of drug-likeness (QED) is 0.915. The van der Waals surface area contributed by atoms with E-state index >= 15 is 0 Å². The highest BCUT2D eigenvalue weighted by molar-refractivity contribution is 6.01. The molecule has 6 nitrogen and oxygen atoms in total. The van der Waals surface area contributed by atoms with Gasteiger partial charge in [0.15, 0.2) is 5.96 Å². The van der Waals surface area contributed by atoms with Crippen LogP contribution < -0.4 is 5.73 Å². The molecule has 2 N–H and O–H groups in total. The highest BCUT2D eigenvalue weighted by atomic mass is 19.1. The number of rotatable bonds is 3. The van der Waals surface area contributed by atoms with Crippen molar-refractivity contribution in [2.24, 2.45) is 23.2 Å². The molecule has 0 unspecified atom stereocenters. The van der Waals surface area contributed by atoms with Crippen molar-refractivity contribution in [2.75, 3.05) is 7.05 Å². The second-order valence-electron chi connectivity index (χ2n) is 7.47. The summed E-state index contributed by atoms with van der Waals surface area (Å²) in [7, 11) is 3.45. The molecule has 2 aromatic rings. The summed E-state index contributed by atoms with van der Waals surface area (Å²) in [5.41, 5.74) is 6.18. The monoisotopic (exact) mass is 357 g/mol. The molecule has 138 valence electrons. The normalized spacial score (nSPS) is 22.5. The van der Waals surface area contributed by atoms with Gasteiger partial charge in [-0.2, -0.15) is 5.10 Å². The van der Waals surface area contributed by atoms with Gasteiger partial charge in [-0.3, -0.25) is 14.4 Å². The summed E-state index contributed by atoms with van der Waals surface area (Å²) in [6.45, 7) is 5.31. The minimum Gasteiger partial charge on any atom is -0.369 e. The Hall–Kier alpha value is -2.70. The number of carbonyl (C=O) groups is 1. The van der Waals surface area contributed by atoms with E-state index in [-0.39, 0.29) is 11.9 Å². The van der Waals surface area contributed by atoms with Crippen molar-refractivity contribution < 1.29 is 9.18 Å². The zero-order valence-corrected chi connectivity index (χ0v) is 15.7. The Morgan fingerprint density at radius 2 is 1.88 bits per heavy atom. The molecule has 3 rings (SSSR count). The van der Waals surface area contributed by atoms with Gasteiger partial charge in [-0.15, -0.1) is 0 Å². The summed E-state index contributed by atoms with van der Waals surface area (Å²) in [5, 5.41) is 4.16. The molecule has 1 atom stereocenters. The van der Waals surface area contributed by atoms with Crippen LogP contribution in [0, 0.1) is 11.2 Å². The molecule has 1 aromatic heterocycles. The van der Waals surface area contributed by atoms with Crippen LogP contribution in [0.25, 0.3) is 0 Å². The predicted molar refractivity (Wildman–Crippen MR) is 97.9 cm³/mol. The van der Waals surface area contributed by atoms with E-state index in [1.54, 1.807) is 50.8 Å². The van der Waals surface area contributed by atoms with Crippen LogP contribution >= 0.6 is 0 Å². The van der Waals surface area contributed by atoms with E-state index < -0.39 is 16.8 Å². The van der Waals surface area contributed by atoms with Crippen molar-refractivity contribution >= 4 is 11.9 Å². The number of aryl methyl sites for hydroxylation is 1. The average Bonchev–Trinajstić information content (AvgIpc) is 2.98. The van der Waals surface area contributed by atoms with Gasteiger partial charge in [-0.1, -0.05) is 12.1 Å². The van der Waals surface area contributed by atoms with E-state index in [4.69, 9.17) is 5.73 Å².